The predicted octanol–water partition coefficient (Wildman–Crippen LogP) is 1.25. The fourth-order valence-electron chi connectivity index (χ4n) is 6.43. The van der Waals surface area contributed by atoms with E-state index in [1.54, 1.807) is 0 Å². The molecule has 3 atom stereocenters. The molecule has 0 aromatic carbocycles. The maximum Gasteiger partial charge on any atom is 0.296 e. The molecule has 1 aliphatic heterocycles. The van der Waals surface area contributed by atoms with Crippen molar-refractivity contribution in [2.24, 2.45) is 11.8 Å². The number of nitrogens with one attached hydrogen (secondary N) is 1. The largest absolute Gasteiger partial charge is 0.349 e. The summed E-state index contributed by atoms with van der Waals surface area (Å²) in [5.41, 5.74) is -0.224. The van der Waals surface area contributed by atoms with E-state index in [4.69, 9.17) is 16.9 Å². The normalized spacial score (nSPS) is 37.5. The summed E-state index contributed by atoms with van der Waals surface area (Å²) >= 11 is 6.83. The molecule has 6 rings (SSSR count). The number of tetrazole rings is 1. The number of hydrogen-bond donors (Lipinski definition) is 1. The summed E-state index contributed by atoms with van der Waals surface area (Å²) in [6.07, 6.45) is 7.57. The van der Waals surface area contributed by atoms with Crippen LogP contribution in [0.25, 0.3) is 0 Å². The Morgan fingerprint density at radius 1 is 1.28 bits per heavy atom. The second-order valence-corrected chi connectivity index (χ2v) is 10.2. The Bertz CT molecular complexity index is 879. The molecule has 29 heavy (non-hydrogen) atoms. The van der Waals surface area contributed by atoms with Gasteiger partial charge >= 0.3 is 0 Å². The predicted molar refractivity (Wildman–Crippen MR) is 102 cm³/mol. The molecule has 2 heterocycles. The maximum absolute atomic E-state index is 12.7. The molecule has 5 aliphatic rings. The lowest BCUT2D eigenvalue weighted by atomic mass is 9.52. The fourth-order valence-corrected chi connectivity index (χ4v) is 7.12. The van der Waals surface area contributed by atoms with Crippen molar-refractivity contribution >= 4 is 23.4 Å². The Labute approximate surface area is 173 Å². The molecule has 2 amide bonds. The van der Waals surface area contributed by atoms with Crippen LogP contribution in [0.15, 0.2) is 0 Å². The number of carbonyl (C=O) groups is 2. The summed E-state index contributed by atoms with van der Waals surface area (Å²) in [4.78, 5) is 27.7. The van der Waals surface area contributed by atoms with Gasteiger partial charge in [-0.05, 0) is 68.4 Å². The van der Waals surface area contributed by atoms with E-state index < -0.39 is 11.9 Å². The van der Waals surface area contributed by atoms with Gasteiger partial charge in [0.2, 0.25) is 5.91 Å². The van der Waals surface area contributed by atoms with Gasteiger partial charge in [-0.2, -0.15) is 10.1 Å². The van der Waals surface area contributed by atoms with Crippen LogP contribution in [0.2, 0.25) is 0 Å². The molecule has 1 N–H and O–H groups in total. The number of hydrogen-bond acceptors (Lipinski definition) is 6. The van der Waals surface area contributed by atoms with E-state index in [-0.39, 0.29) is 28.7 Å². The number of nitriles is 1. The number of rotatable bonds is 4. The number of aromatic nitrogens is 4. The number of halogens is 1. The van der Waals surface area contributed by atoms with E-state index in [2.05, 4.69) is 26.8 Å². The summed E-state index contributed by atoms with van der Waals surface area (Å²) in [6.45, 7) is 0.422. The first-order valence-corrected chi connectivity index (χ1v) is 10.7. The van der Waals surface area contributed by atoms with Crippen molar-refractivity contribution in [2.75, 3.05) is 6.54 Å². The molecule has 0 spiro atoms. The van der Waals surface area contributed by atoms with E-state index in [0.717, 1.165) is 43.3 Å². The van der Waals surface area contributed by atoms with Gasteiger partial charge in [0.1, 0.15) is 12.6 Å². The number of likely N-dealkylation sites (tertiary alicyclic amines) is 1. The van der Waals surface area contributed by atoms with E-state index in [1.807, 2.05) is 0 Å². The second-order valence-electron chi connectivity index (χ2n) is 9.37. The third-order valence-corrected chi connectivity index (χ3v) is 7.43. The molecule has 1 aromatic rings. The number of nitrogens with zero attached hydrogens (tertiary/aromatic N) is 6. The minimum Gasteiger partial charge on any atom is -0.349 e. The van der Waals surface area contributed by atoms with E-state index in [9.17, 15) is 9.59 Å². The Kier molecular flexibility index (Phi) is 4.32. The molecule has 4 bridgehead atoms. The van der Waals surface area contributed by atoms with Crippen LogP contribution < -0.4 is 5.32 Å². The molecule has 4 saturated carbocycles. The van der Waals surface area contributed by atoms with Gasteiger partial charge in [0.15, 0.2) is 0 Å². The standard InChI is InChI=1S/C19H24ClN7O2/c20-18-5-12-4-13(6-18)8-19(7-12,11-18)22-15(28)10-27-24-16(23-25-27)17(29)26-3-1-2-14(26)9-21/h12-14H,1-8,10-11H2,(H,22,28)/t12?,13?,14-,18?,19?/m0/s1. The van der Waals surface area contributed by atoms with Gasteiger partial charge in [0.25, 0.3) is 11.7 Å². The molecular formula is C19H24ClN7O2. The highest BCUT2D eigenvalue weighted by molar-refractivity contribution is 6.24. The number of amides is 2. The highest BCUT2D eigenvalue weighted by Crippen LogP contribution is 2.59. The lowest BCUT2D eigenvalue weighted by Crippen LogP contribution is -2.64. The summed E-state index contributed by atoms with van der Waals surface area (Å²) < 4.78 is 0. The van der Waals surface area contributed by atoms with Crippen molar-refractivity contribution in [3.05, 3.63) is 5.82 Å². The minimum absolute atomic E-state index is 0.0746. The minimum atomic E-state index is -0.447. The van der Waals surface area contributed by atoms with Crippen molar-refractivity contribution < 1.29 is 9.59 Å². The van der Waals surface area contributed by atoms with Crippen molar-refractivity contribution in [2.45, 2.75) is 74.4 Å². The summed E-state index contributed by atoms with van der Waals surface area (Å²) in [6, 6.07) is 1.68. The van der Waals surface area contributed by atoms with Crippen molar-refractivity contribution in [3.63, 3.8) is 0 Å². The van der Waals surface area contributed by atoms with Crippen LogP contribution in [-0.2, 0) is 11.3 Å². The first kappa shape index (κ1) is 18.8. The van der Waals surface area contributed by atoms with Gasteiger partial charge in [-0.15, -0.1) is 21.8 Å². The van der Waals surface area contributed by atoms with Gasteiger partial charge in [-0.3, -0.25) is 9.59 Å². The third kappa shape index (κ3) is 3.37. The quantitative estimate of drug-likeness (QED) is 0.737. The molecule has 1 saturated heterocycles. The Morgan fingerprint density at radius 2 is 2.03 bits per heavy atom. The second kappa shape index (κ2) is 6.66. The molecule has 9 nitrogen and oxygen atoms in total. The van der Waals surface area contributed by atoms with Crippen LogP contribution in [-0.4, -0.2) is 59.9 Å². The average Bonchev–Trinajstić information content (AvgIpc) is 3.27. The zero-order chi connectivity index (χ0) is 20.2. The lowest BCUT2D eigenvalue weighted by molar-refractivity contribution is -0.127. The number of alkyl halides is 1. The Hall–Kier alpha value is -2.21. The molecule has 5 fully saturated rings. The summed E-state index contributed by atoms with van der Waals surface area (Å²) in [5.74, 6) is 0.521. The van der Waals surface area contributed by atoms with Crippen LogP contribution in [0, 0.1) is 23.2 Å². The van der Waals surface area contributed by atoms with Crippen molar-refractivity contribution in [1.82, 2.24) is 30.4 Å². The topological polar surface area (TPSA) is 117 Å². The van der Waals surface area contributed by atoms with Gasteiger partial charge in [0, 0.05) is 17.0 Å². The molecule has 2 unspecified atom stereocenters. The van der Waals surface area contributed by atoms with E-state index >= 15 is 0 Å². The first-order chi connectivity index (χ1) is 13.9. The van der Waals surface area contributed by atoms with Gasteiger partial charge in [0.05, 0.1) is 6.07 Å². The SMILES string of the molecule is N#C[C@@H]1CCCN1C(=O)c1nnn(CC(=O)NC23CC4CC(CC(Cl)(C4)C2)C3)n1. The Balaban J connectivity index is 1.23. The van der Waals surface area contributed by atoms with Crippen LogP contribution in [0.3, 0.4) is 0 Å². The zero-order valence-electron chi connectivity index (χ0n) is 16.2. The molecule has 4 aliphatic carbocycles. The number of carbonyl (C=O) groups excluding carboxylic acids is 2. The smallest absolute Gasteiger partial charge is 0.296 e. The highest BCUT2D eigenvalue weighted by atomic mass is 35.5. The van der Waals surface area contributed by atoms with Gasteiger partial charge in [-0.1, -0.05) is 0 Å². The Morgan fingerprint density at radius 3 is 2.72 bits per heavy atom. The van der Waals surface area contributed by atoms with Crippen LogP contribution >= 0.6 is 11.6 Å². The summed E-state index contributed by atoms with van der Waals surface area (Å²) in [7, 11) is 0. The highest BCUT2D eigenvalue weighted by Gasteiger charge is 2.57. The van der Waals surface area contributed by atoms with Gasteiger partial charge < -0.3 is 10.2 Å². The molecule has 1 aromatic heterocycles. The molecule has 10 heteroatoms. The van der Waals surface area contributed by atoms with Crippen molar-refractivity contribution in [1.29, 1.82) is 5.26 Å². The lowest BCUT2D eigenvalue weighted by Gasteiger charge is -2.60. The van der Waals surface area contributed by atoms with Crippen LogP contribution in [0.4, 0.5) is 0 Å². The molecule has 0 radical (unpaired) electrons. The van der Waals surface area contributed by atoms with E-state index in [0.29, 0.717) is 24.8 Å². The van der Waals surface area contributed by atoms with Crippen LogP contribution in [0.1, 0.15) is 62.0 Å². The van der Waals surface area contributed by atoms with Gasteiger partial charge in [-0.25, -0.2) is 0 Å². The maximum atomic E-state index is 12.7. The third-order valence-electron chi connectivity index (χ3n) is 6.99. The van der Waals surface area contributed by atoms with Crippen LogP contribution in [0.5, 0.6) is 0 Å². The average molecular weight is 418 g/mol. The fraction of sp³-hybridized carbons (Fsp3) is 0.789. The van der Waals surface area contributed by atoms with E-state index in [1.165, 1.54) is 11.3 Å². The zero-order valence-corrected chi connectivity index (χ0v) is 16.9. The van der Waals surface area contributed by atoms with Crippen molar-refractivity contribution in [3.8, 4) is 6.07 Å². The first-order valence-electron chi connectivity index (χ1n) is 10.4. The molecule has 154 valence electrons. The molecular weight excluding hydrogens is 394 g/mol. The summed E-state index contributed by atoms with van der Waals surface area (Å²) in [5, 5.41) is 24.1. The monoisotopic (exact) mass is 417 g/mol.